The summed E-state index contributed by atoms with van der Waals surface area (Å²) in [5, 5.41) is 0.379. The number of aromatic nitrogens is 2. The molecule has 5 nitrogen and oxygen atoms in total. The van der Waals surface area contributed by atoms with Gasteiger partial charge in [0.25, 0.3) is 0 Å². The van der Waals surface area contributed by atoms with Crippen LogP contribution in [0.2, 0.25) is 5.28 Å². The predicted molar refractivity (Wildman–Crippen MR) is 72.3 cm³/mol. The molecule has 0 aromatic carbocycles. The van der Waals surface area contributed by atoms with Crippen molar-refractivity contribution < 1.29 is 8.42 Å². The molecule has 1 heterocycles. The van der Waals surface area contributed by atoms with Gasteiger partial charge in [-0.3, -0.25) is 0 Å². The Balaban J connectivity index is 2.14. The summed E-state index contributed by atoms with van der Waals surface area (Å²) in [6.07, 6.45) is 7.42. The molecular formula is C10H14ClN3O2S2. The van der Waals surface area contributed by atoms with E-state index in [2.05, 4.69) is 14.7 Å². The average molecular weight is 308 g/mol. The molecule has 2 rings (SSSR count). The maximum absolute atomic E-state index is 12.1. The molecule has 8 heteroatoms. The summed E-state index contributed by atoms with van der Waals surface area (Å²) >= 11 is 7.24. The predicted octanol–water partition coefficient (Wildman–Crippen LogP) is 1.69. The minimum absolute atomic E-state index is 0.0133. The van der Waals surface area contributed by atoms with Crippen LogP contribution in [0.5, 0.6) is 0 Å². The molecule has 0 saturated heterocycles. The lowest BCUT2D eigenvalue weighted by Gasteiger charge is -2.18. The lowest BCUT2D eigenvalue weighted by Crippen LogP contribution is -2.38. The number of hydrogen-bond donors (Lipinski definition) is 1. The summed E-state index contributed by atoms with van der Waals surface area (Å²) in [5.41, 5.74) is 0. The normalized spacial score (nSPS) is 24.3. The first-order chi connectivity index (χ1) is 8.53. The minimum atomic E-state index is -3.55. The van der Waals surface area contributed by atoms with E-state index in [1.807, 2.05) is 6.26 Å². The van der Waals surface area contributed by atoms with Crippen molar-refractivity contribution in [3.05, 3.63) is 17.7 Å². The molecule has 0 radical (unpaired) electrons. The van der Waals surface area contributed by atoms with Crippen LogP contribution in [-0.4, -0.2) is 35.9 Å². The van der Waals surface area contributed by atoms with E-state index in [1.54, 1.807) is 11.8 Å². The van der Waals surface area contributed by atoms with Crippen LogP contribution in [0.4, 0.5) is 0 Å². The van der Waals surface area contributed by atoms with Gasteiger partial charge in [-0.25, -0.2) is 23.1 Å². The number of nitrogens with zero attached hydrogens (tertiary/aromatic N) is 2. The highest BCUT2D eigenvalue weighted by Gasteiger charge is 2.30. The molecule has 1 N–H and O–H groups in total. The quantitative estimate of drug-likeness (QED) is 0.857. The summed E-state index contributed by atoms with van der Waals surface area (Å²) in [6.45, 7) is 0. The third kappa shape index (κ3) is 3.14. The number of nitrogens with one attached hydrogen (secondary N) is 1. The van der Waals surface area contributed by atoms with E-state index in [9.17, 15) is 8.42 Å². The molecule has 2 unspecified atom stereocenters. The molecule has 0 spiro atoms. The molecule has 1 aromatic heterocycles. The zero-order valence-corrected chi connectivity index (χ0v) is 12.2. The fraction of sp³-hybridized carbons (Fsp3) is 0.600. The van der Waals surface area contributed by atoms with Crippen LogP contribution in [0.15, 0.2) is 17.3 Å². The van der Waals surface area contributed by atoms with Crippen LogP contribution in [0.3, 0.4) is 0 Å². The van der Waals surface area contributed by atoms with E-state index in [1.165, 1.54) is 12.4 Å². The zero-order chi connectivity index (χ0) is 13.2. The lowest BCUT2D eigenvalue weighted by molar-refractivity contribution is 0.554. The number of rotatable bonds is 4. The van der Waals surface area contributed by atoms with E-state index in [0.717, 1.165) is 19.3 Å². The van der Waals surface area contributed by atoms with Gasteiger partial charge in [0.05, 0.1) is 12.4 Å². The third-order valence-electron chi connectivity index (χ3n) is 2.97. The Labute approximate surface area is 116 Å². The number of thioether (sulfide) groups is 1. The van der Waals surface area contributed by atoms with Gasteiger partial charge in [-0.15, -0.1) is 0 Å². The summed E-state index contributed by atoms with van der Waals surface area (Å²) in [4.78, 5) is 7.43. The van der Waals surface area contributed by atoms with E-state index >= 15 is 0 Å². The Morgan fingerprint density at radius 1 is 1.39 bits per heavy atom. The molecule has 18 heavy (non-hydrogen) atoms. The molecule has 1 saturated carbocycles. The molecule has 0 aliphatic heterocycles. The Kier molecular flexibility index (Phi) is 4.47. The van der Waals surface area contributed by atoms with Crippen LogP contribution < -0.4 is 4.72 Å². The highest BCUT2D eigenvalue weighted by Crippen LogP contribution is 2.29. The van der Waals surface area contributed by atoms with E-state index in [4.69, 9.17) is 11.6 Å². The van der Waals surface area contributed by atoms with Gasteiger partial charge in [0, 0.05) is 11.3 Å². The summed E-state index contributed by atoms with van der Waals surface area (Å²) in [6, 6.07) is -0.0133. The van der Waals surface area contributed by atoms with Gasteiger partial charge >= 0.3 is 0 Å². The number of halogens is 1. The molecule has 100 valence electrons. The van der Waals surface area contributed by atoms with Crippen molar-refractivity contribution in [2.24, 2.45) is 0 Å². The van der Waals surface area contributed by atoms with Gasteiger partial charge in [-0.1, -0.05) is 6.42 Å². The van der Waals surface area contributed by atoms with Crippen LogP contribution in [0.25, 0.3) is 0 Å². The number of hydrogen-bond acceptors (Lipinski definition) is 5. The fourth-order valence-electron chi connectivity index (χ4n) is 2.05. The van der Waals surface area contributed by atoms with Crippen molar-refractivity contribution in [1.29, 1.82) is 0 Å². The second kappa shape index (κ2) is 5.73. The van der Waals surface area contributed by atoms with E-state index in [0.29, 0.717) is 5.25 Å². The lowest BCUT2D eigenvalue weighted by atomic mass is 10.3. The largest absolute Gasteiger partial charge is 0.243 e. The smallest absolute Gasteiger partial charge is 0.225 e. The van der Waals surface area contributed by atoms with Crippen LogP contribution in [0, 0.1) is 0 Å². The molecule has 1 fully saturated rings. The first-order valence-corrected chi connectivity index (χ1v) is 8.70. The third-order valence-corrected chi connectivity index (χ3v) is 5.78. The molecular weight excluding hydrogens is 294 g/mol. The molecule has 1 aliphatic rings. The van der Waals surface area contributed by atoms with Gasteiger partial charge in [0.1, 0.15) is 4.90 Å². The van der Waals surface area contributed by atoms with Crippen molar-refractivity contribution >= 4 is 33.4 Å². The first-order valence-electron chi connectivity index (χ1n) is 5.55. The fourth-order valence-corrected chi connectivity index (χ4v) is 4.37. The number of sulfonamides is 1. The SMILES string of the molecule is CSC1CCCC1NS(=O)(=O)c1cnc(Cl)nc1. The molecule has 0 amide bonds. The summed E-state index contributed by atoms with van der Waals surface area (Å²) in [5.74, 6) is 0. The van der Waals surface area contributed by atoms with Crippen LogP contribution in [-0.2, 0) is 10.0 Å². The standard InChI is InChI=1S/C10H14ClN3O2S2/c1-17-9-4-2-3-8(9)14-18(15,16)7-5-12-10(11)13-6-7/h5-6,8-9,14H,2-4H2,1H3. The van der Waals surface area contributed by atoms with E-state index < -0.39 is 10.0 Å². The van der Waals surface area contributed by atoms with Crippen molar-refractivity contribution in [3.8, 4) is 0 Å². The van der Waals surface area contributed by atoms with Crippen molar-refractivity contribution in [1.82, 2.24) is 14.7 Å². The van der Waals surface area contributed by atoms with Gasteiger partial charge in [0.15, 0.2) is 0 Å². The Morgan fingerprint density at radius 2 is 2.06 bits per heavy atom. The van der Waals surface area contributed by atoms with Gasteiger partial charge < -0.3 is 0 Å². The van der Waals surface area contributed by atoms with Crippen LogP contribution in [0.1, 0.15) is 19.3 Å². The van der Waals surface area contributed by atoms with Gasteiger partial charge in [0.2, 0.25) is 15.3 Å². The second-order valence-electron chi connectivity index (χ2n) is 4.12. The van der Waals surface area contributed by atoms with Gasteiger partial charge in [-0.05, 0) is 30.7 Å². The maximum Gasteiger partial charge on any atom is 0.243 e. The summed E-state index contributed by atoms with van der Waals surface area (Å²) in [7, 11) is -3.55. The maximum atomic E-state index is 12.1. The Morgan fingerprint density at radius 3 is 2.67 bits per heavy atom. The monoisotopic (exact) mass is 307 g/mol. The van der Waals surface area contributed by atoms with Crippen LogP contribution >= 0.6 is 23.4 Å². The summed E-state index contributed by atoms with van der Waals surface area (Å²) < 4.78 is 27.0. The van der Waals surface area contributed by atoms with Gasteiger partial charge in [-0.2, -0.15) is 11.8 Å². The molecule has 0 bridgehead atoms. The van der Waals surface area contributed by atoms with E-state index in [-0.39, 0.29) is 16.2 Å². The zero-order valence-electron chi connectivity index (χ0n) is 9.84. The molecule has 1 aliphatic carbocycles. The molecule has 2 atom stereocenters. The first kappa shape index (κ1) is 14.0. The topological polar surface area (TPSA) is 72.0 Å². The second-order valence-corrected chi connectivity index (χ2v) is 7.25. The Hall–Kier alpha value is -0.370. The van der Waals surface area contributed by atoms with Crippen molar-refractivity contribution in [2.75, 3.05) is 6.26 Å². The highest BCUT2D eigenvalue weighted by atomic mass is 35.5. The highest BCUT2D eigenvalue weighted by molar-refractivity contribution is 7.99. The van der Waals surface area contributed by atoms with Crippen molar-refractivity contribution in [3.63, 3.8) is 0 Å². The Bertz CT molecular complexity index is 506. The van der Waals surface area contributed by atoms with Crippen molar-refractivity contribution in [2.45, 2.75) is 35.4 Å². The average Bonchev–Trinajstić information content (AvgIpc) is 2.76. The molecule has 1 aromatic rings. The minimum Gasteiger partial charge on any atom is -0.225 e.